The van der Waals surface area contributed by atoms with Gasteiger partial charge in [0.1, 0.15) is 18.0 Å². The van der Waals surface area contributed by atoms with E-state index in [-0.39, 0.29) is 30.3 Å². The van der Waals surface area contributed by atoms with Crippen LogP contribution in [0.3, 0.4) is 0 Å². The molecule has 1 heterocycles. The van der Waals surface area contributed by atoms with E-state index in [2.05, 4.69) is 15.9 Å². The molecule has 0 aromatic heterocycles. The number of fused-ring (bicyclic) bond motifs is 2. The van der Waals surface area contributed by atoms with E-state index >= 15 is 0 Å². The summed E-state index contributed by atoms with van der Waals surface area (Å²) in [6.45, 7) is 5.21. The van der Waals surface area contributed by atoms with Crippen LogP contribution in [-0.2, 0) is 42.4 Å². The van der Waals surface area contributed by atoms with Gasteiger partial charge < -0.3 is 14.4 Å². The second-order valence-electron chi connectivity index (χ2n) is 12.1. The van der Waals surface area contributed by atoms with Crippen molar-refractivity contribution in [3.8, 4) is 0 Å². The SMILES string of the molecule is CC(C)(C)OC(=O)C1CCC(N(Cc2ccc(F)cc2)C(=O)CN2C(=O)O[C@@]3(CCc4cc(Br)ccc43)C2=O)CC1. The number of benzene rings is 2. The fourth-order valence-electron chi connectivity index (χ4n) is 6.06. The highest BCUT2D eigenvalue weighted by atomic mass is 79.9. The zero-order chi connectivity index (χ0) is 29.5. The van der Waals surface area contributed by atoms with Crippen LogP contribution in [0.4, 0.5) is 9.18 Å². The Kier molecular flexibility index (Phi) is 7.98. The molecule has 1 spiro atoms. The van der Waals surface area contributed by atoms with Crippen molar-refractivity contribution in [1.29, 1.82) is 0 Å². The van der Waals surface area contributed by atoms with E-state index in [0.29, 0.717) is 44.1 Å². The van der Waals surface area contributed by atoms with Crippen molar-refractivity contribution in [2.45, 2.75) is 83.1 Å². The lowest BCUT2D eigenvalue weighted by Crippen LogP contribution is -2.49. The second-order valence-corrected chi connectivity index (χ2v) is 13.0. The van der Waals surface area contributed by atoms with Crippen molar-refractivity contribution < 1.29 is 33.0 Å². The number of rotatable bonds is 6. The first-order chi connectivity index (χ1) is 19.4. The van der Waals surface area contributed by atoms with Crippen LogP contribution in [0.5, 0.6) is 0 Å². The minimum atomic E-state index is -1.42. The summed E-state index contributed by atoms with van der Waals surface area (Å²) < 4.78 is 25.7. The highest BCUT2D eigenvalue weighted by Gasteiger charge is 2.58. The lowest BCUT2D eigenvalue weighted by atomic mass is 9.85. The minimum absolute atomic E-state index is 0.181. The van der Waals surface area contributed by atoms with Gasteiger partial charge in [-0.25, -0.2) is 14.1 Å². The Morgan fingerprint density at radius 1 is 1.10 bits per heavy atom. The van der Waals surface area contributed by atoms with Gasteiger partial charge in [0.2, 0.25) is 11.5 Å². The molecule has 0 N–H and O–H groups in total. The largest absolute Gasteiger partial charge is 0.460 e. The minimum Gasteiger partial charge on any atom is -0.460 e. The maximum atomic E-state index is 13.8. The Bertz CT molecular complexity index is 1370. The summed E-state index contributed by atoms with van der Waals surface area (Å²) in [5, 5.41) is 0. The van der Waals surface area contributed by atoms with Crippen molar-refractivity contribution in [1.82, 2.24) is 9.80 Å². The van der Waals surface area contributed by atoms with Gasteiger partial charge in [0, 0.05) is 29.0 Å². The predicted octanol–water partition coefficient (Wildman–Crippen LogP) is 5.64. The first kappa shape index (κ1) is 29.2. The van der Waals surface area contributed by atoms with Gasteiger partial charge >= 0.3 is 12.1 Å². The molecule has 2 aromatic rings. The molecule has 2 aromatic carbocycles. The summed E-state index contributed by atoms with van der Waals surface area (Å²) in [5.74, 6) is -1.83. The van der Waals surface area contributed by atoms with Gasteiger partial charge in [-0.05, 0) is 88.3 Å². The van der Waals surface area contributed by atoms with Crippen molar-refractivity contribution in [3.63, 3.8) is 0 Å². The van der Waals surface area contributed by atoms with Crippen LogP contribution in [0.1, 0.15) is 69.6 Å². The van der Waals surface area contributed by atoms with Gasteiger partial charge in [0.05, 0.1) is 5.92 Å². The number of nitrogens with zero attached hydrogens (tertiary/aromatic N) is 2. The zero-order valence-electron chi connectivity index (χ0n) is 23.5. The quantitative estimate of drug-likeness (QED) is 0.385. The average Bonchev–Trinajstić information content (AvgIpc) is 3.39. The third-order valence-electron chi connectivity index (χ3n) is 8.08. The fourth-order valence-corrected chi connectivity index (χ4v) is 6.47. The summed E-state index contributed by atoms with van der Waals surface area (Å²) in [4.78, 5) is 55.6. The molecule has 1 saturated heterocycles. The Morgan fingerprint density at radius 3 is 2.44 bits per heavy atom. The van der Waals surface area contributed by atoms with E-state index in [4.69, 9.17) is 9.47 Å². The fraction of sp³-hybridized carbons (Fsp3) is 0.484. The van der Waals surface area contributed by atoms with Gasteiger partial charge in [-0.3, -0.25) is 14.4 Å². The Hall–Kier alpha value is -3.27. The molecule has 5 rings (SSSR count). The van der Waals surface area contributed by atoms with E-state index in [1.807, 2.05) is 26.8 Å². The molecule has 8 nitrogen and oxygen atoms in total. The summed E-state index contributed by atoms with van der Waals surface area (Å²) in [6, 6.07) is 11.2. The summed E-state index contributed by atoms with van der Waals surface area (Å²) in [5.41, 5.74) is 0.297. The molecule has 0 unspecified atom stereocenters. The number of hydrogen-bond acceptors (Lipinski definition) is 6. The number of carbonyl (C=O) groups excluding carboxylic acids is 4. The van der Waals surface area contributed by atoms with E-state index in [9.17, 15) is 23.6 Å². The van der Waals surface area contributed by atoms with Crippen LogP contribution in [-0.4, -0.2) is 51.9 Å². The maximum Gasteiger partial charge on any atom is 0.418 e. The first-order valence-corrected chi connectivity index (χ1v) is 14.8. The standard InChI is InChI=1S/C31H34BrFN2O6/c1-30(2,3)40-27(37)20-6-11-24(12-7-20)34(17-19-4-9-23(33)10-5-19)26(36)18-35-28(38)31(41-29(35)39)15-14-21-16-22(32)8-13-25(21)31/h4-5,8-10,13,16,20,24H,6-7,11-12,14-15,17-18H2,1-3H3/t20?,24?,31-/m1/s1. The monoisotopic (exact) mass is 628 g/mol. The van der Waals surface area contributed by atoms with Crippen LogP contribution >= 0.6 is 15.9 Å². The van der Waals surface area contributed by atoms with Crippen LogP contribution in [0, 0.1) is 11.7 Å². The van der Waals surface area contributed by atoms with Gasteiger partial charge in [0.25, 0.3) is 5.91 Å². The molecular weight excluding hydrogens is 595 g/mol. The van der Waals surface area contributed by atoms with Crippen LogP contribution in [0.15, 0.2) is 46.9 Å². The first-order valence-electron chi connectivity index (χ1n) is 14.0. The number of hydrogen-bond donors (Lipinski definition) is 0. The number of halogens is 2. The van der Waals surface area contributed by atoms with E-state index in [1.165, 1.54) is 12.1 Å². The zero-order valence-corrected chi connectivity index (χ0v) is 25.0. The summed E-state index contributed by atoms with van der Waals surface area (Å²) >= 11 is 3.44. The molecule has 0 bridgehead atoms. The highest BCUT2D eigenvalue weighted by molar-refractivity contribution is 9.10. The van der Waals surface area contributed by atoms with Crippen LogP contribution in [0.2, 0.25) is 0 Å². The van der Waals surface area contributed by atoms with E-state index in [1.54, 1.807) is 29.2 Å². The van der Waals surface area contributed by atoms with Crippen molar-refractivity contribution in [2.24, 2.45) is 5.92 Å². The molecule has 1 atom stereocenters. The molecule has 3 amide bonds. The van der Waals surface area contributed by atoms with Gasteiger partial charge in [-0.1, -0.05) is 34.1 Å². The van der Waals surface area contributed by atoms with Crippen molar-refractivity contribution in [2.75, 3.05) is 6.54 Å². The van der Waals surface area contributed by atoms with Crippen LogP contribution in [0.25, 0.3) is 0 Å². The maximum absolute atomic E-state index is 13.8. The number of ether oxygens (including phenoxy) is 2. The Morgan fingerprint density at radius 2 is 1.78 bits per heavy atom. The highest BCUT2D eigenvalue weighted by Crippen LogP contribution is 2.46. The number of esters is 1. The van der Waals surface area contributed by atoms with Gasteiger partial charge in [-0.2, -0.15) is 0 Å². The third-order valence-corrected chi connectivity index (χ3v) is 8.57. The lowest BCUT2D eigenvalue weighted by molar-refractivity contribution is -0.161. The molecule has 2 aliphatic carbocycles. The summed E-state index contributed by atoms with van der Waals surface area (Å²) in [6.07, 6.45) is 2.27. The normalized spacial score (nSPS) is 23.9. The van der Waals surface area contributed by atoms with Crippen molar-refractivity contribution >= 4 is 39.8 Å². The Labute approximate surface area is 247 Å². The molecule has 1 saturated carbocycles. The van der Waals surface area contributed by atoms with Gasteiger partial charge in [-0.15, -0.1) is 0 Å². The molecule has 10 heteroatoms. The molecule has 41 heavy (non-hydrogen) atoms. The molecular formula is C31H34BrFN2O6. The second kappa shape index (κ2) is 11.2. The number of amides is 3. The predicted molar refractivity (Wildman–Crippen MR) is 151 cm³/mol. The summed E-state index contributed by atoms with van der Waals surface area (Å²) in [7, 11) is 0. The van der Waals surface area contributed by atoms with Crippen molar-refractivity contribution in [3.05, 3.63) is 69.4 Å². The molecule has 218 valence electrons. The van der Waals surface area contributed by atoms with Crippen LogP contribution < -0.4 is 0 Å². The average molecular weight is 630 g/mol. The van der Waals surface area contributed by atoms with E-state index < -0.39 is 35.7 Å². The third kappa shape index (κ3) is 6.03. The number of aryl methyl sites for hydroxylation is 1. The molecule has 0 radical (unpaired) electrons. The lowest BCUT2D eigenvalue weighted by Gasteiger charge is -2.37. The smallest absolute Gasteiger partial charge is 0.418 e. The number of carbonyl (C=O) groups is 4. The molecule has 2 fully saturated rings. The molecule has 3 aliphatic rings. The Balaban J connectivity index is 1.33. The molecule has 1 aliphatic heterocycles. The van der Waals surface area contributed by atoms with Gasteiger partial charge in [0.15, 0.2) is 0 Å². The topological polar surface area (TPSA) is 93.2 Å². The number of imide groups is 1. The van der Waals surface area contributed by atoms with E-state index in [0.717, 1.165) is 20.5 Å².